The van der Waals surface area contributed by atoms with Crippen molar-refractivity contribution in [2.45, 2.75) is 13.3 Å². The van der Waals surface area contributed by atoms with E-state index < -0.39 is 0 Å². The highest BCUT2D eigenvalue weighted by Crippen LogP contribution is 2.32. The van der Waals surface area contributed by atoms with Gasteiger partial charge in [-0.05, 0) is 24.6 Å². The van der Waals surface area contributed by atoms with Gasteiger partial charge in [-0.3, -0.25) is 0 Å². The number of benzene rings is 1. The van der Waals surface area contributed by atoms with E-state index in [2.05, 4.69) is 5.16 Å². The molecule has 1 aromatic carbocycles. The summed E-state index contributed by atoms with van der Waals surface area (Å²) in [5.41, 5.74) is 1.72. The van der Waals surface area contributed by atoms with Gasteiger partial charge < -0.3 is 14.7 Å². The van der Waals surface area contributed by atoms with Gasteiger partial charge in [0.2, 0.25) is 6.79 Å². The van der Waals surface area contributed by atoms with Gasteiger partial charge in [0.15, 0.2) is 11.5 Å². The van der Waals surface area contributed by atoms with Gasteiger partial charge in [0.05, 0.1) is 5.71 Å². The summed E-state index contributed by atoms with van der Waals surface area (Å²) in [7, 11) is 0. The highest BCUT2D eigenvalue weighted by atomic mass is 16.7. The van der Waals surface area contributed by atoms with Crippen LogP contribution in [0.5, 0.6) is 11.5 Å². The van der Waals surface area contributed by atoms with Gasteiger partial charge >= 0.3 is 0 Å². The molecule has 4 heteroatoms. The molecule has 0 fully saturated rings. The molecule has 1 aliphatic heterocycles. The first-order valence-corrected chi connectivity index (χ1v) is 4.35. The lowest BCUT2D eigenvalue weighted by Gasteiger charge is -2.01. The molecule has 0 saturated carbocycles. The Labute approximate surface area is 81.8 Å². The minimum atomic E-state index is 0.284. The molecule has 0 bridgehead atoms. The topological polar surface area (TPSA) is 51.0 Å². The lowest BCUT2D eigenvalue weighted by molar-refractivity contribution is 0.174. The standard InChI is InChI=1S/C10H11NO3/c1-7(11-12)4-8-2-3-9-10(5-8)14-6-13-9/h2-3,5,12H,4,6H2,1H3/b11-7+. The van der Waals surface area contributed by atoms with Crippen LogP contribution in [0.3, 0.4) is 0 Å². The normalized spacial score (nSPS) is 14.5. The molecule has 0 aliphatic carbocycles. The Morgan fingerprint density at radius 3 is 3.00 bits per heavy atom. The van der Waals surface area contributed by atoms with E-state index in [-0.39, 0.29) is 6.79 Å². The summed E-state index contributed by atoms with van der Waals surface area (Å²) >= 11 is 0. The van der Waals surface area contributed by atoms with E-state index in [4.69, 9.17) is 14.7 Å². The first-order chi connectivity index (χ1) is 6.79. The van der Waals surface area contributed by atoms with Gasteiger partial charge in [0, 0.05) is 6.42 Å². The lowest BCUT2D eigenvalue weighted by atomic mass is 10.1. The first-order valence-electron chi connectivity index (χ1n) is 4.35. The van der Waals surface area contributed by atoms with Gasteiger partial charge in [0.25, 0.3) is 0 Å². The molecule has 0 spiro atoms. The molecular formula is C10H11NO3. The third-order valence-electron chi connectivity index (χ3n) is 2.07. The van der Waals surface area contributed by atoms with Crippen molar-refractivity contribution < 1.29 is 14.7 Å². The Hall–Kier alpha value is -1.71. The lowest BCUT2D eigenvalue weighted by Crippen LogP contribution is -1.97. The van der Waals surface area contributed by atoms with Crippen molar-refractivity contribution in [1.29, 1.82) is 0 Å². The van der Waals surface area contributed by atoms with Crippen LogP contribution in [0, 0.1) is 0 Å². The number of hydrogen-bond donors (Lipinski definition) is 1. The van der Waals surface area contributed by atoms with Crippen molar-refractivity contribution in [3.8, 4) is 11.5 Å². The molecule has 74 valence electrons. The molecule has 1 aromatic rings. The van der Waals surface area contributed by atoms with E-state index in [1.807, 2.05) is 18.2 Å². The average molecular weight is 193 g/mol. The zero-order valence-corrected chi connectivity index (χ0v) is 7.86. The predicted octanol–water partition coefficient (Wildman–Crippen LogP) is 1.81. The van der Waals surface area contributed by atoms with Gasteiger partial charge in [-0.1, -0.05) is 11.2 Å². The summed E-state index contributed by atoms with van der Waals surface area (Å²) in [5, 5.41) is 11.6. The Morgan fingerprint density at radius 2 is 2.21 bits per heavy atom. The Bertz CT molecular complexity index is 374. The smallest absolute Gasteiger partial charge is 0.231 e. The van der Waals surface area contributed by atoms with Crippen molar-refractivity contribution in [2.24, 2.45) is 5.16 Å². The molecule has 2 rings (SSSR count). The second-order valence-corrected chi connectivity index (χ2v) is 3.20. The molecule has 0 radical (unpaired) electrons. The maximum absolute atomic E-state index is 8.52. The van der Waals surface area contributed by atoms with E-state index >= 15 is 0 Å². The SMILES string of the molecule is C/C(Cc1ccc2c(c1)OCO2)=N\O. The van der Waals surface area contributed by atoms with E-state index in [0.717, 1.165) is 17.1 Å². The minimum absolute atomic E-state index is 0.284. The Kier molecular flexibility index (Phi) is 2.26. The highest BCUT2D eigenvalue weighted by Gasteiger charge is 2.13. The molecule has 0 unspecified atom stereocenters. The van der Waals surface area contributed by atoms with Gasteiger partial charge in [-0.25, -0.2) is 0 Å². The molecule has 1 N–H and O–H groups in total. The fourth-order valence-electron chi connectivity index (χ4n) is 1.38. The van der Waals surface area contributed by atoms with E-state index in [1.54, 1.807) is 6.92 Å². The van der Waals surface area contributed by atoms with E-state index in [0.29, 0.717) is 12.1 Å². The number of oxime groups is 1. The van der Waals surface area contributed by atoms with Crippen LogP contribution in [0.15, 0.2) is 23.4 Å². The Balaban J connectivity index is 2.21. The van der Waals surface area contributed by atoms with Crippen LogP contribution in [-0.4, -0.2) is 17.7 Å². The van der Waals surface area contributed by atoms with Crippen molar-refractivity contribution >= 4 is 5.71 Å². The predicted molar refractivity (Wildman–Crippen MR) is 51.2 cm³/mol. The monoisotopic (exact) mass is 193 g/mol. The van der Waals surface area contributed by atoms with Crippen LogP contribution in [0.1, 0.15) is 12.5 Å². The number of hydrogen-bond acceptors (Lipinski definition) is 4. The fourth-order valence-corrected chi connectivity index (χ4v) is 1.38. The molecule has 0 saturated heterocycles. The molecular weight excluding hydrogens is 182 g/mol. The van der Waals surface area contributed by atoms with Crippen LogP contribution >= 0.6 is 0 Å². The fraction of sp³-hybridized carbons (Fsp3) is 0.300. The third-order valence-corrected chi connectivity index (χ3v) is 2.07. The molecule has 0 aromatic heterocycles. The van der Waals surface area contributed by atoms with Gasteiger partial charge in [0.1, 0.15) is 0 Å². The molecule has 1 aliphatic rings. The van der Waals surface area contributed by atoms with E-state index in [1.165, 1.54) is 0 Å². The van der Waals surface area contributed by atoms with Gasteiger partial charge in [-0.2, -0.15) is 0 Å². The highest BCUT2D eigenvalue weighted by molar-refractivity contribution is 5.83. The quantitative estimate of drug-likeness (QED) is 0.442. The summed E-state index contributed by atoms with van der Waals surface area (Å²) in [4.78, 5) is 0. The molecule has 4 nitrogen and oxygen atoms in total. The van der Waals surface area contributed by atoms with Crippen LogP contribution < -0.4 is 9.47 Å². The van der Waals surface area contributed by atoms with Crippen molar-refractivity contribution in [3.05, 3.63) is 23.8 Å². The summed E-state index contributed by atoms with van der Waals surface area (Å²) in [6, 6.07) is 5.70. The van der Waals surface area contributed by atoms with Crippen LogP contribution in [0.2, 0.25) is 0 Å². The zero-order valence-electron chi connectivity index (χ0n) is 7.86. The number of nitrogens with zero attached hydrogens (tertiary/aromatic N) is 1. The van der Waals surface area contributed by atoms with Crippen molar-refractivity contribution in [3.63, 3.8) is 0 Å². The third kappa shape index (κ3) is 1.64. The summed E-state index contributed by atoms with van der Waals surface area (Å²) in [5.74, 6) is 1.53. The molecule has 14 heavy (non-hydrogen) atoms. The maximum Gasteiger partial charge on any atom is 0.231 e. The summed E-state index contributed by atoms with van der Waals surface area (Å²) < 4.78 is 10.4. The van der Waals surface area contributed by atoms with Crippen LogP contribution in [0.4, 0.5) is 0 Å². The second-order valence-electron chi connectivity index (χ2n) is 3.20. The Morgan fingerprint density at radius 1 is 1.43 bits per heavy atom. The van der Waals surface area contributed by atoms with Crippen LogP contribution in [0.25, 0.3) is 0 Å². The second kappa shape index (κ2) is 3.57. The van der Waals surface area contributed by atoms with E-state index in [9.17, 15) is 0 Å². The molecule has 1 heterocycles. The first kappa shape index (κ1) is 8.87. The molecule has 0 atom stereocenters. The average Bonchev–Trinajstić information content (AvgIpc) is 2.64. The van der Waals surface area contributed by atoms with Crippen molar-refractivity contribution in [1.82, 2.24) is 0 Å². The summed E-state index contributed by atoms with van der Waals surface area (Å²) in [6.07, 6.45) is 0.618. The molecule has 0 amide bonds. The number of ether oxygens (including phenoxy) is 2. The van der Waals surface area contributed by atoms with Gasteiger partial charge in [-0.15, -0.1) is 0 Å². The number of fused-ring (bicyclic) bond motifs is 1. The largest absolute Gasteiger partial charge is 0.454 e. The van der Waals surface area contributed by atoms with Crippen LogP contribution in [-0.2, 0) is 6.42 Å². The minimum Gasteiger partial charge on any atom is -0.454 e. The zero-order chi connectivity index (χ0) is 9.97. The maximum atomic E-state index is 8.52. The summed E-state index contributed by atoms with van der Waals surface area (Å²) in [6.45, 7) is 2.05. The number of rotatable bonds is 2. The van der Waals surface area contributed by atoms with Crippen molar-refractivity contribution in [2.75, 3.05) is 6.79 Å².